The quantitative estimate of drug-likeness (QED) is 0.0226. The fourth-order valence-corrected chi connectivity index (χ4v) is 15.3. The van der Waals surface area contributed by atoms with Gasteiger partial charge in [-0.2, -0.15) is 0 Å². The van der Waals surface area contributed by atoms with Crippen LogP contribution in [0.15, 0.2) is 35.8 Å². The Labute approximate surface area is 707 Å². The van der Waals surface area contributed by atoms with E-state index < -0.39 is 349 Å². The number of methoxy groups -OCH3 is 7. The molecule has 0 aliphatic carbocycles. The summed E-state index contributed by atoms with van der Waals surface area (Å²) in [6, 6.07) is 0. The molecule has 21 fully saturated rings. The van der Waals surface area contributed by atoms with Gasteiger partial charge in [0.1, 0.15) is 174 Å². The van der Waals surface area contributed by atoms with Gasteiger partial charge in [-0.25, -0.2) is 33.6 Å². The zero-order chi connectivity index (χ0) is 91.8. The number of carboxylic acid groups (broad SMARTS) is 7. The Kier molecular flexibility index (Phi) is 41.0. The average Bonchev–Trinajstić information content (AvgIpc) is 0.771. The fraction of sp³-hybridized carbons (Fsp3) is 0.889. The Morgan fingerprint density at radius 1 is 0.214 bits per heavy atom. The van der Waals surface area contributed by atoms with Crippen LogP contribution in [0.25, 0.3) is 73.1 Å². The first-order valence-corrected chi connectivity index (χ1v) is 37.5. The van der Waals surface area contributed by atoms with Crippen molar-refractivity contribution >= 4 is 41.8 Å². The maximum absolute atomic E-state index is 12.7. The van der Waals surface area contributed by atoms with Gasteiger partial charge < -0.3 is 168 Å². The molecule has 0 aromatic rings. The highest BCUT2D eigenvalue weighted by Gasteiger charge is 2.63. The van der Waals surface area contributed by atoms with E-state index in [4.69, 9.17) is 133 Å². The van der Waals surface area contributed by atoms with E-state index in [1.807, 2.05) is 0 Å². The molecule has 21 rings (SSSR count). The monoisotopic (exact) mass is 1810 g/mol. The normalized spacial score (nSPS) is 37.5. The predicted molar refractivity (Wildman–Crippen MR) is 390 cm³/mol. The fourth-order valence-electron chi connectivity index (χ4n) is 15.3. The Morgan fingerprint density at radius 2 is 0.325 bits per heavy atom. The van der Waals surface area contributed by atoms with Crippen LogP contribution in [0.2, 0.25) is 0 Å². The third-order valence-electron chi connectivity index (χ3n) is 20.2. The van der Waals surface area contributed by atoms with Gasteiger partial charge in [0.25, 0.3) is 0 Å². The van der Waals surface area contributed by atoms with Gasteiger partial charge >= 0.3 is 41.8 Å². The summed E-state index contributed by atoms with van der Waals surface area (Å²) >= 11 is 0. The second-order valence-electron chi connectivity index (χ2n) is 27.5. The second-order valence-corrected chi connectivity index (χ2v) is 27.5. The maximum atomic E-state index is 12.7. The molecule has 21 aliphatic rings. The minimum atomic E-state index is -2.13. The van der Waals surface area contributed by atoms with Crippen molar-refractivity contribution in [1.82, 2.24) is 0 Å². The van der Waals surface area contributed by atoms with Crippen LogP contribution in [0.3, 0.4) is 0 Å². The van der Waals surface area contributed by atoms with E-state index in [2.05, 4.69) is 70.2 Å². The number of nitrogens with zero attached hydrogens (tertiary/aromatic N) is 21. The van der Waals surface area contributed by atoms with Crippen LogP contribution >= 0.6 is 0 Å². The Morgan fingerprint density at radius 3 is 0.413 bits per heavy atom. The largest absolute Gasteiger partial charge is 0.480 e. The molecule has 0 radical (unpaired) electrons. The third-order valence-corrected chi connectivity index (χ3v) is 20.2. The van der Waals surface area contributed by atoms with Gasteiger partial charge in [-0.05, 0) is 38.7 Å². The van der Waals surface area contributed by atoms with Crippen LogP contribution in [0.4, 0.5) is 0 Å². The molecule has 0 aromatic heterocycles. The molecule has 0 unspecified atom stereocenters. The highest BCUT2D eigenvalue weighted by molar-refractivity contribution is 5.70. The summed E-state index contributed by atoms with van der Waals surface area (Å²) in [6.45, 7) is -14.7. The molecule has 63 nitrogen and oxygen atoms in total. The number of hydrogen-bond acceptors (Lipinski definition) is 42. The summed E-state index contributed by atoms with van der Waals surface area (Å²) in [5, 5.41) is 97.8. The standard InChI is InChI=1S/C63H91N21O42/c1-99-43-36-22(8-71-78-64)113-57(50(43)106-15-29(85)86)121-37-23(9-72-79-65)115-59(52(44(37)100-2)108-17-31(89)90)123-39-25(11-74-81-67)117-61(54(46(39)102-4)110-19-33(93)94)125-41-27(13-76-83-69)119-63(56(48(41)104-6)112-21-35(97)98)126-42-28(14-77-84-70)118-62(55(49(42)105-7)111-20-34(95)96)124-40-26(12-75-82-68)116-60(53(47(40)103-5)109-18-32(91)92)122-38-24(10-73-80-66)114-58(120-36)51(45(38)101-3)107-16-30(87)88/h22-28,36-63H,8-21H2,1-7H3,(H,85,86)(H,87,88)(H,89,90)(H,91,92)(H,93,94)(H,95,96)(H,97,98)/t22-,23-,24-,25-,26+,27+,28+,36-,37-,38-,39-,40-,41-,42-,43-,44-,45-,46+,47+,48+,49+,50+,51-,52+,53-,54-,55-,56-,57-,58-,59-,60-,61-,62-,63-/m1/s1. The van der Waals surface area contributed by atoms with Crippen molar-refractivity contribution in [3.05, 3.63) is 73.1 Å². The molecule has 7 N–H and O–H groups in total. The first-order chi connectivity index (χ1) is 60.7. The number of ether oxygens (including phenoxy) is 28. The minimum Gasteiger partial charge on any atom is -0.480 e. The topological polar surface area (TPSA) is 861 Å². The van der Waals surface area contributed by atoms with E-state index in [1.54, 1.807) is 0 Å². The van der Waals surface area contributed by atoms with E-state index in [1.165, 1.54) is 0 Å². The molecule has 21 saturated heterocycles. The Bertz CT molecular complexity index is 3290. The number of carbonyl (C=O) groups is 7. The van der Waals surface area contributed by atoms with Gasteiger partial charge in [-0.3, -0.25) is 0 Å². The maximum Gasteiger partial charge on any atom is 0.329 e. The molecule has 0 saturated carbocycles. The van der Waals surface area contributed by atoms with Gasteiger partial charge in [0, 0.05) is 84.2 Å². The van der Waals surface area contributed by atoms with E-state index in [-0.39, 0.29) is 0 Å². The summed E-state index contributed by atoms with van der Waals surface area (Å²) in [4.78, 5) is 109. The lowest BCUT2D eigenvalue weighted by Gasteiger charge is -2.52. The van der Waals surface area contributed by atoms with Crippen LogP contribution in [-0.2, 0) is 166 Å². The van der Waals surface area contributed by atoms with Crippen LogP contribution in [0, 0.1) is 0 Å². The number of rotatable bonds is 42. The molecule has 21 heterocycles. The predicted octanol–water partition coefficient (Wildman–Crippen LogP) is -0.664. The summed E-state index contributed by atoms with van der Waals surface area (Å²) in [6.07, 6.45) is -67.6. The summed E-state index contributed by atoms with van der Waals surface area (Å²) < 4.78 is 177. The summed E-state index contributed by atoms with van der Waals surface area (Å²) in [5.41, 5.74) is 69.7. The molecular weight excluding hydrogens is 1720 g/mol. The average molecular weight is 1810 g/mol. The Balaban J connectivity index is 1.41. The van der Waals surface area contributed by atoms with Crippen LogP contribution in [0.1, 0.15) is 0 Å². The highest BCUT2D eigenvalue weighted by Crippen LogP contribution is 2.44. The van der Waals surface area contributed by atoms with Crippen LogP contribution < -0.4 is 0 Å². The van der Waals surface area contributed by atoms with E-state index in [9.17, 15) is 108 Å². The lowest BCUT2D eigenvalue weighted by Crippen LogP contribution is -2.69. The Hall–Kier alpha value is -9.66. The lowest BCUT2D eigenvalue weighted by molar-refractivity contribution is -0.399. The van der Waals surface area contributed by atoms with Gasteiger partial charge in [-0.1, -0.05) is 35.8 Å². The molecule has 0 spiro atoms. The first kappa shape index (κ1) is 102. The number of carboxylic acids is 7. The zero-order valence-corrected chi connectivity index (χ0v) is 67.4. The van der Waals surface area contributed by atoms with Crippen LogP contribution in [-0.4, -0.2) is 434 Å². The molecule has 35 atom stereocenters. The van der Waals surface area contributed by atoms with Crippen molar-refractivity contribution in [2.45, 2.75) is 215 Å². The van der Waals surface area contributed by atoms with E-state index in [0.717, 1.165) is 49.8 Å². The molecule has 126 heavy (non-hydrogen) atoms. The first-order valence-electron chi connectivity index (χ1n) is 37.5. The summed E-state index contributed by atoms with van der Waals surface area (Å²) in [7, 11) is 7.18. The van der Waals surface area contributed by atoms with Crippen molar-refractivity contribution in [2.24, 2.45) is 35.8 Å². The zero-order valence-electron chi connectivity index (χ0n) is 67.4. The smallest absolute Gasteiger partial charge is 0.329 e. The van der Waals surface area contributed by atoms with Crippen LogP contribution in [0.5, 0.6) is 0 Å². The van der Waals surface area contributed by atoms with Crippen molar-refractivity contribution in [2.75, 3.05) is 142 Å². The van der Waals surface area contributed by atoms with Gasteiger partial charge in [0.2, 0.25) is 0 Å². The molecule has 0 amide bonds. The van der Waals surface area contributed by atoms with E-state index >= 15 is 0 Å². The van der Waals surface area contributed by atoms with Crippen molar-refractivity contribution in [3.63, 3.8) is 0 Å². The lowest BCUT2D eigenvalue weighted by atomic mass is 9.94. The number of azide groups is 7. The highest BCUT2D eigenvalue weighted by atomic mass is 16.8. The SMILES string of the molecule is CO[C@@H]1[C@@H](OCC(=O)O)[C@H]2O[C@H]3[C@H](OC)[C@@H](OCC(=O)O)[C@@H](O[C@H]4[C@@H](OC)[C@@H](OCC(=O)O)[C@@H](O[C@H]5[C@@H](OC)[C@H](OCC(=O)O)[C@@H](O[C@H]6[C@@H](OC)[C@H](OCC(=O)O)[C@@H](O[C@H]7[C@H](OC)[C@@H](OCC(=O)O)[C@@H](O[C@H]8[C@H](OC)[C@@H](OCC(=O)O)[C@@H](O[C@@H]1[C@H](CN=[N+]=[N-])O2)O[C@H]8CN=[N+]=[N-])O[C@@H]7CN=[N+]=[N-])O[C@@H]6CN=[N+]=[N-])O[C@@H]5CN=[N+]=[N-])O[C@@H]4CN=[N+]=[N-])O[C@H]3CN=[N+]=[N-]. The molecule has 0 aromatic carbocycles. The molecule has 700 valence electrons. The summed E-state index contributed by atoms with van der Waals surface area (Å²) in [5.74, 6) is -11.6. The molecule has 21 aliphatic heterocycles. The van der Waals surface area contributed by atoms with E-state index in [0.29, 0.717) is 0 Å². The van der Waals surface area contributed by atoms with Crippen molar-refractivity contribution in [1.29, 1.82) is 0 Å². The molecular formula is C63H91N21O42. The van der Waals surface area contributed by atoms with Gasteiger partial charge in [0.05, 0.1) is 88.5 Å². The van der Waals surface area contributed by atoms with Crippen molar-refractivity contribution in [3.8, 4) is 0 Å². The second kappa shape index (κ2) is 50.8. The molecule has 14 bridgehead atoms. The molecule has 63 heteroatoms. The van der Waals surface area contributed by atoms with Crippen molar-refractivity contribution < 1.29 is 202 Å². The van der Waals surface area contributed by atoms with Gasteiger partial charge in [0.15, 0.2) is 44.0 Å². The minimum absolute atomic E-state index is 0.844. The number of hydrogen-bond donors (Lipinski definition) is 7. The third kappa shape index (κ3) is 26.5. The number of aliphatic carboxylic acids is 7. The van der Waals surface area contributed by atoms with Gasteiger partial charge in [-0.15, -0.1) is 0 Å².